The van der Waals surface area contributed by atoms with Crippen LogP contribution in [-0.4, -0.2) is 146 Å². The maximum Gasteiger partial charge on any atom is 0.252 e. The summed E-state index contributed by atoms with van der Waals surface area (Å²) in [6.45, 7) is 13.7. The summed E-state index contributed by atoms with van der Waals surface area (Å²) in [6.07, 6.45) is 0. The molecule has 17 aromatic carbocycles. The zero-order valence-electron chi connectivity index (χ0n) is 80.8. The van der Waals surface area contributed by atoms with Gasteiger partial charge in [-0.25, -0.2) is 0 Å². The number of para-hydroxylation sites is 1. The summed E-state index contributed by atoms with van der Waals surface area (Å²) in [5.41, 5.74) is 57.0. The molecule has 23 heteroatoms. The van der Waals surface area contributed by atoms with Gasteiger partial charge >= 0.3 is 0 Å². The van der Waals surface area contributed by atoms with Crippen LogP contribution in [0.1, 0.15) is 52.7 Å². The second-order valence-electron chi connectivity index (χ2n) is 40.9. The van der Waals surface area contributed by atoms with Crippen molar-refractivity contribution in [2.24, 2.45) is 0 Å². The molecule has 0 fully saturated rings. The predicted molar refractivity (Wildman–Crippen MR) is 626 cm³/mol. The van der Waals surface area contributed by atoms with Crippen LogP contribution in [0.5, 0.6) is 0 Å². The maximum absolute atomic E-state index is 7.48. The Hall–Kier alpha value is -13.4. The van der Waals surface area contributed by atoms with Crippen LogP contribution in [0.3, 0.4) is 0 Å². The fourth-order valence-electron chi connectivity index (χ4n) is 23.2. The van der Waals surface area contributed by atoms with Gasteiger partial charge in [-0.1, -0.05) is 271 Å². The van der Waals surface area contributed by atoms with Crippen LogP contribution < -0.4 is 114 Å². The van der Waals surface area contributed by atoms with Gasteiger partial charge in [0.15, 0.2) is 5.58 Å². The quantitative estimate of drug-likeness (QED) is 0.182. The van der Waals surface area contributed by atoms with Crippen LogP contribution in [0.2, 0.25) is 0 Å². The van der Waals surface area contributed by atoms with Gasteiger partial charge in [0.05, 0.1) is 16.7 Å². The molecule has 0 bridgehead atoms. The highest BCUT2D eigenvalue weighted by molar-refractivity contribution is 7.00. The molecule has 0 unspecified atom stereocenters. The molecule has 21 aromatic rings. The summed E-state index contributed by atoms with van der Waals surface area (Å²) in [6, 6.07) is 108. The van der Waals surface area contributed by atoms with Crippen molar-refractivity contribution < 1.29 is 4.42 Å². The van der Waals surface area contributed by atoms with E-state index in [-0.39, 0.29) is 17.5 Å². The number of fused-ring (bicyclic) bond motifs is 16. The highest BCUT2D eigenvalue weighted by Crippen LogP contribution is 2.52. The van der Waals surface area contributed by atoms with Crippen LogP contribution >= 0.6 is 0 Å². The molecule has 6 heterocycles. The number of hydrogen-bond acceptors (Lipinski definition) is 3. The lowest BCUT2D eigenvalue weighted by molar-refractivity contribution is 0.590. The van der Waals surface area contributed by atoms with E-state index < -0.39 is 0 Å². The number of furan rings is 1. The van der Waals surface area contributed by atoms with Crippen LogP contribution in [0.4, 0.5) is 34.1 Å². The molecule has 0 radical (unpaired) electrons. The van der Waals surface area contributed by atoms with E-state index in [1.807, 2.05) is 0 Å². The lowest BCUT2D eigenvalue weighted by Crippen LogP contribution is -2.61. The normalized spacial score (nSPS) is 12.7. The predicted octanol–water partition coefficient (Wildman–Crippen LogP) is 0.0243. The van der Waals surface area contributed by atoms with Crippen molar-refractivity contribution in [3.8, 4) is 72.7 Å². The first-order valence-corrected chi connectivity index (χ1v) is 47.6. The molecule has 133 heavy (non-hydrogen) atoms. The Morgan fingerprint density at radius 2 is 0.549 bits per heavy atom. The van der Waals surface area contributed by atoms with E-state index in [0.717, 1.165) is 140 Å². The monoisotopic (exact) mass is 1690 g/mol. The molecule has 2 aliphatic heterocycles. The third-order valence-corrected chi connectivity index (χ3v) is 31.9. The van der Waals surface area contributed by atoms with E-state index in [1.54, 1.807) is 0 Å². The van der Waals surface area contributed by atoms with Gasteiger partial charge in [-0.3, -0.25) is 0 Å². The Morgan fingerprint density at radius 1 is 0.233 bits per heavy atom. The second-order valence-corrected chi connectivity index (χ2v) is 40.9. The summed E-state index contributed by atoms with van der Waals surface area (Å²) in [4.78, 5) is 5.42. The van der Waals surface area contributed by atoms with Crippen molar-refractivity contribution in [3.63, 3.8) is 0 Å². The minimum atomic E-state index is -0.331. The summed E-state index contributed by atoms with van der Waals surface area (Å²) in [5.74, 6) is 0. The average Bonchev–Trinajstić information content (AvgIpc) is 1.70. The van der Waals surface area contributed by atoms with Gasteiger partial charge in [0.25, 0.3) is 6.71 Å². The van der Waals surface area contributed by atoms with Crippen molar-refractivity contribution in [1.29, 1.82) is 0 Å². The molecule has 0 amide bonds. The first kappa shape index (κ1) is 83.9. The molecule has 0 saturated heterocycles. The fourth-order valence-corrected chi connectivity index (χ4v) is 23.2. The third kappa shape index (κ3) is 12.6. The molecule has 0 aliphatic carbocycles. The first-order chi connectivity index (χ1) is 63.9. The summed E-state index contributed by atoms with van der Waals surface area (Å²) < 4.78 is 15.4. The van der Waals surface area contributed by atoms with Gasteiger partial charge in [-0.2, -0.15) is 0 Å². The summed E-state index contributed by atoms with van der Waals surface area (Å²) in [7, 11) is 37.7. The maximum atomic E-state index is 7.48. The Balaban J connectivity index is 0.919. The molecule has 618 valence electrons. The van der Waals surface area contributed by atoms with Crippen molar-refractivity contribution in [1.82, 2.24) is 13.7 Å². The number of benzene rings is 17. The number of rotatable bonds is 10. The third-order valence-electron chi connectivity index (χ3n) is 31.9. The summed E-state index contributed by atoms with van der Waals surface area (Å²) >= 11 is 0. The second kappa shape index (κ2) is 30.6. The zero-order valence-corrected chi connectivity index (χ0v) is 80.8. The van der Waals surface area contributed by atoms with Crippen LogP contribution in [-0.2, 0) is 10.8 Å². The minimum Gasteiger partial charge on any atom is -0.454 e. The molecule has 0 spiro atoms. The van der Waals surface area contributed by atoms with Crippen molar-refractivity contribution in [2.45, 2.75) is 52.4 Å². The molecule has 2 aliphatic rings. The minimum absolute atomic E-state index is 0.109. The van der Waals surface area contributed by atoms with E-state index in [1.165, 1.54) is 169 Å². The fraction of sp³-hybridized carbons (Fsp3) is 0.0727. The van der Waals surface area contributed by atoms with Gasteiger partial charge in [0.1, 0.15) is 131 Å². The van der Waals surface area contributed by atoms with E-state index in [4.69, 9.17) is 4.42 Å². The Bertz CT molecular complexity index is 7980. The SMILES string of the molecule is Bc1c(B)c(B)c2c(c1B)c1c(B)c(B)c(B)c(B)c1n2-c1ccc2c(c1)N(c1cc(-c3ccccc3)cc(-c3ccccc3)c1)c1cc(-c3cc(-n4c5ccc(C(C)(C)C)cc5c5cc(C(C)(C)C)ccc54)c4oc5ccccc5c4c3)cc3c1B2c1ccc(-n2c4c(B)c(B)c(B)c(B)c4c4c(B)c(B)c(B)c(B)c42)cc1N3c1cc(-c2ccccc2)cc(-c2ccccc2)c1. The Labute approximate surface area is 794 Å². The molecule has 0 saturated carbocycles. The summed E-state index contributed by atoms with van der Waals surface area (Å²) in [5, 5.41) is 9.87. The van der Waals surface area contributed by atoms with Crippen LogP contribution in [0, 0.1) is 0 Å². The Morgan fingerprint density at radius 3 is 0.902 bits per heavy atom. The number of nitrogens with zero attached hydrogens (tertiary/aromatic N) is 5. The highest BCUT2D eigenvalue weighted by atomic mass is 16.3. The van der Waals surface area contributed by atoms with Gasteiger partial charge in [-0.15, -0.1) is 21.9 Å². The highest BCUT2D eigenvalue weighted by Gasteiger charge is 2.46. The van der Waals surface area contributed by atoms with Gasteiger partial charge in [0, 0.05) is 89.1 Å². The smallest absolute Gasteiger partial charge is 0.252 e. The molecule has 6 nitrogen and oxygen atoms in total. The first-order valence-electron chi connectivity index (χ1n) is 47.6. The lowest BCUT2D eigenvalue weighted by Gasteiger charge is -2.45. The molecular weight excluding hydrogens is 1590 g/mol. The lowest BCUT2D eigenvalue weighted by atomic mass is 9.33. The topological polar surface area (TPSA) is 34.4 Å². The van der Waals surface area contributed by atoms with E-state index in [2.05, 4.69) is 470 Å². The number of hydrogen-bond donors (Lipinski definition) is 0. The van der Waals surface area contributed by atoms with Crippen molar-refractivity contribution >= 4 is 358 Å². The zero-order chi connectivity index (χ0) is 92.0. The standard InChI is InChI=1S/C110H96B17N5O/c1-109(2,3)63-31-37-75-70(49-63)71-50-64(110(4,5)6)32-38-76(71)132(75)81-48-61(45-72-69-29-19-20-30-82(69)133-108(72)81)62-46-79-103-80(47-62)129(68-43-59(55-25-15-9-16-26-55)40-60(44-68)56-27-17-10-18-28-56)78-52-66(131-106-85(89(113)93(117)97(121)101(106)125)86-90(114)94(118)98(122)102(126)107(86)131)34-36-74(78)127(103)73-35-33-65(130-104-83(87(111)91(115)95(119)99(104)123)84-88(112)92(116)96(120)100(124)105(84)130)51-77(73)128(79)67-41-57(53-21-11-7-12-22-53)39-58(42-67)54-23-13-8-14-24-54/h7-52H,111-126H2,1-6H3. The van der Waals surface area contributed by atoms with Crippen molar-refractivity contribution in [2.75, 3.05) is 9.80 Å². The molecule has 23 rings (SSSR count). The van der Waals surface area contributed by atoms with E-state index in [9.17, 15) is 0 Å². The molecule has 0 atom stereocenters. The molecular formula is C110H96B17N5O. The molecule has 4 aromatic heterocycles. The Kier molecular flexibility index (Phi) is 19.3. The van der Waals surface area contributed by atoms with Crippen LogP contribution in [0.25, 0.3) is 160 Å². The average molecular weight is 1690 g/mol. The van der Waals surface area contributed by atoms with Gasteiger partial charge in [-0.05, 0) is 231 Å². The van der Waals surface area contributed by atoms with E-state index >= 15 is 0 Å². The van der Waals surface area contributed by atoms with Crippen LogP contribution in [0.15, 0.2) is 283 Å². The van der Waals surface area contributed by atoms with Gasteiger partial charge < -0.3 is 27.9 Å². The van der Waals surface area contributed by atoms with Crippen molar-refractivity contribution in [3.05, 3.63) is 290 Å². The number of aromatic nitrogens is 3. The number of anilines is 6. The van der Waals surface area contributed by atoms with Gasteiger partial charge in [0.2, 0.25) is 0 Å². The van der Waals surface area contributed by atoms with E-state index in [0.29, 0.717) is 0 Å². The largest absolute Gasteiger partial charge is 0.454 e. The molecule has 0 N–H and O–H groups in total.